The number of hydrogen-bond acceptors (Lipinski definition) is 5. The predicted octanol–water partition coefficient (Wildman–Crippen LogP) is 1.65. The molecule has 0 aromatic heterocycles. The van der Waals surface area contributed by atoms with Crippen LogP contribution >= 0.6 is 11.8 Å². The molecular formula is C13H15NO5S. The van der Waals surface area contributed by atoms with E-state index in [1.165, 1.54) is 6.92 Å². The van der Waals surface area contributed by atoms with E-state index in [4.69, 9.17) is 9.84 Å². The zero-order valence-corrected chi connectivity index (χ0v) is 11.7. The molecule has 0 spiro atoms. The highest BCUT2D eigenvalue weighted by Crippen LogP contribution is 2.10. The Balaban J connectivity index is 2.34. The van der Waals surface area contributed by atoms with Gasteiger partial charge in [-0.3, -0.25) is 4.79 Å². The summed E-state index contributed by atoms with van der Waals surface area (Å²) in [5, 5.41) is 10.5. The highest BCUT2D eigenvalue weighted by atomic mass is 32.2. The lowest BCUT2D eigenvalue weighted by Gasteiger charge is -2.12. The van der Waals surface area contributed by atoms with Crippen LogP contribution in [0.25, 0.3) is 0 Å². The van der Waals surface area contributed by atoms with Crippen LogP contribution in [-0.2, 0) is 20.9 Å². The van der Waals surface area contributed by atoms with E-state index in [0.717, 1.165) is 17.3 Å². The molecule has 20 heavy (non-hydrogen) atoms. The Morgan fingerprint density at radius 1 is 1.30 bits per heavy atom. The van der Waals surface area contributed by atoms with E-state index in [0.29, 0.717) is 0 Å². The van der Waals surface area contributed by atoms with Gasteiger partial charge in [0, 0.05) is 12.7 Å². The van der Waals surface area contributed by atoms with Crippen LogP contribution < -0.4 is 5.32 Å². The Morgan fingerprint density at radius 2 is 1.95 bits per heavy atom. The van der Waals surface area contributed by atoms with Crippen LogP contribution in [0.4, 0.5) is 4.79 Å². The molecule has 7 heteroatoms. The number of thioether (sulfide) groups is 1. The first-order chi connectivity index (χ1) is 9.49. The Hall–Kier alpha value is -2.02. The summed E-state index contributed by atoms with van der Waals surface area (Å²) < 4.78 is 4.98. The molecule has 0 saturated heterocycles. The van der Waals surface area contributed by atoms with Gasteiger partial charge in [-0.2, -0.15) is 0 Å². The molecule has 0 bridgehead atoms. The maximum Gasteiger partial charge on any atom is 0.367 e. The van der Waals surface area contributed by atoms with Crippen molar-refractivity contribution in [1.29, 1.82) is 0 Å². The Bertz CT molecular complexity index is 477. The Labute approximate surface area is 120 Å². The fourth-order valence-corrected chi connectivity index (χ4v) is 2.00. The third-order valence-electron chi connectivity index (χ3n) is 2.24. The molecule has 0 saturated carbocycles. The van der Waals surface area contributed by atoms with E-state index < -0.39 is 23.2 Å². The number of carboxylic acids is 1. The van der Waals surface area contributed by atoms with Gasteiger partial charge in [-0.25, -0.2) is 9.59 Å². The van der Waals surface area contributed by atoms with E-state index in [2.05, 4.69) is 5.32 Å². The smallest absolute Gasteiger partial charge is 0.367 e. The number of ether oxygens (including phenoxy) is 1. The fraction of sp³-hybridized carbons (Fsp3) is 0.308. The van der Waals surface area contributed by atoms with E-state index in [1.807, 2.05) is 30.3 Å². The number of rotatable bonds is 6. The van der Waals surface area contributed by atoms with Gasteiger partial charge >= 0.3 is 11.3 Å². The van der Waals surface area contributed by atoms with Crippen molar-refractivity contribution in [3.8, 4) is 0 Å². The summed E-state index contributed by atoms with van der Waals surface area (Å²) in [5.41, 5.74) is 0.845. The number of amides is 1. The molecule has 1 rings (SSSR count). The van der Waals surface area contributed by atoms with Gasteiger partial charge in [0.15, 0.2) is 0 Å². The van der Waals surface area contributed by atoms with Crippen LogP contribution in [0.5, 0.6) is 0 Å². The molecule has 0 aliphatic heterocycles. The highest BCUT2D eigenvalue weighted by molar-refractivity contribution is 8.13. The third-order valence-corrected chi connectivity index (χ3v) is 3.10. The number of carbonyl (C=O) groups is 3. The van der Waals surface area contributed by atoms with E-state index in [-0.39, 0.29) is 12.4 Å². The maximum atomic E-state index is 11.5. The largest absolute Gasteiger partial charge is 0.480 e. The Morgan fingerprint density at radius 3 is 2.50 bits per heavy atom. The van der Waals surface area contributed by atoms with Crippen LogP contribution in [0.3, 0.4) is 0 Å². The average Bonchev–Trinajstić information content (AvgIpc) is 2.41. The molecule has 0 heterocycles. The SMILES string of the molecule is CC(=O)NC(CSC(=O)OCc1ccccc1)C(=O)O. The molecule has 0 aliphatic carbocycles. The van der Waals surface area contributed by atoms with Gasteiger partial charge in [0.25, 0.3) is 0 Å². The quantitative estimate of drug-likeness (QED) is 0.776. The molecule has 1 aromatic carbocycles. The second-order valence-corrected chi connectivity index (χ2v) is 4.88. The molecule has 1 unspecified atom stereocenters. The zero-order valence-electron chi connectivity index (χ0n) is 10.9. The minimum absolute atomic E-state index is 0.0808. The molecule has 0 aliphatic rings. The first-order valence-corrected chi connectivity index (χ1v) is 6.81. The fourth-order valence-electron chi connectivity index (χ4n) is 1.33. The molecule has 1 atom stereocenters. The lowest BCUT2D eigenvalue weighted by atomic mass is 10.2. The first kappa shape index (κ1) is 16.0. The highest BCUT2D eigenvalue weighted by Gasteiger charge is 2.20. The normalized spacial score (nSPS) is 11.4. The van der Waals surface area contributed by atoms with Gasteiger partial charge in [0.2, 0.25) is 5.91 Å². The molecule has 0 fully saturated rings. The average molecular weight is 297 g/mol. The van der Waals surface area contributed by atoms with Crippen molar-refractivity contribution in [1.82, 2.24) is 5.32 Å². The number of nitrogens with one attached hydrogen (secondary N) is 1. The molecule has 0 radical (unpaired) electrons. The number of hydrogen-bond donors (Lipinski definition) is 2. The van der Waals surface area contributed by atoms with Crippen LogP contribution in [0.2, 0.25) is 0 Å². The minimum Gasteiger partial charge on any atom is -0.480 e. The van der Waals surface area contributed by atoms with Gasteiger partial charge in [-0.1, -0.05) is 30.3 Å². The Kier molecular flexibility index (Phi) is 6.58. The second-order valence-electron chi connectivity index (χ2n) is 3.93. The van der Waals surface area contributed by atoms with Gasteiger partial charge < -0.3 is 15.2 Å². The standard InChI is InChI=1S/C13H15NO5S/c1-9(15)14-11(12(16)17)8-20-13(18)19-7-10-5-3-2-4-6-10/h2-6,11H,7-8H2,1H3,(H,14,15)(H,16,17). The molecule has 1 amide bonds. The summed E-state index contributed by atoms with van der Waals surface area (Å²) >= 11 is 0.717. The minimum atomic E-state index is -1.19. The van der Waals surface area contributed by atoms with Crippen molar-refractivity contribution in [3.05, 3.63) is 35.9 Å². The van der Waals surface area contributed by atoms with E-state index in [1.54, 1.807) is 0 Å². The molecule has 108 valence electrons. The topological polar surface area (TPSA) is 92.7 Å². The second kappa shape index (κ2) is 8.21. The molecule has 1 aromatic rings. The summed E-state index contributed by atoms with van der Waals surface area (Å²) in [5.74, 6) is -1.73. The first-order valence-electron chi connectivity index (χ1n) is 5.82. The molecular weight excluding hydrogens is 282 g/mol. The third kappa shape index (κ3) is 6.24. The summed E-state index contributed by atoms with van der Waals surface area (Å²) in [6.45, 7) is 1.35. The summed E-state index contributed by atoms with van der Waals surface area (Å²) in [4.78, 5) is 33.1. The van der Waals surface area contributed by atoms with Crippen molar-refractivity contribution in [2.45, 2.75) is 19.6 Å². The predicted molar refractivity (Wildman–Crippen MR) is 74.3 cm³/mol. The van der Waals surface area contributed by atoms with Crippen molar-refractivity contribution >= 4 is 28.9 Å². The van der Waals surface area contributed by atoms with Crippen LogP contribution in [0.1, 0.15) is 12.5 Å². The zero-order chi connectivity index (χ0) is 15.0. The van der Waals surface area contributed by atoms with Crippen molar-refractivity contribution < 1.29 is 24.2 Å². The van der Waals surface area contributed by atoms with E-state index >= 15 is 0 Å². The monoisotopic (exact) mass is 297 g/mol. The number of carbonyl (C=O) groups excluding carboxylic acids is 2. The number of benzene rings is 1. The van der Waals surface area contributed by atoms with Crippen molar-refractivity contribution in [2.75, 3.05) is 5.75 Å². The van der Waals surface area contributed by atoms with Crippen molar-refractivity contribution in [2.24, 2.45) is 0 Å². The van der Waals surface area contributed by atoms with E-state index in [9.17, 15) is 14.4 Å². The summed E-state index contributed by atoms with van der Waals surface area (Å²) in [7, 11) is 0. The van der Waals surface area contributed by atoms with Gasteiger partial charge in [0.1, 0.15) is 12.6 Å². The lowest BCUT2D eigenvalue weighted by Crippen LogP contribution is -2.41. The van der Waals surface area contributed by atoms with Gasteiger partial charge in [0.05, 0.1) is 0 Å². The molecule has 2 N–H and O–H groups in total. The van der Waals surface area contributed by atoms with Crippen LogP contribution in [-0.4, -0.2) is 34.1 Å². The van der Waals surface area contributed by atoms with Crippen LogP contribution in [0, 0.1) is 0 Å². The van der Waals surface area contributed by atoms with Gasteiger partial charge in [-0.15, -0.1) is 0 Å². The van der Waals surface area contributed by atoms with Crippen LogP contribution in [0.15, 0.2) is 30.3 Å². The molecule has 6 nitrogen and oxygen atoms in total. The maximum absolute atomic E-state index is 11.5. The lowest BCUT2D eigenvalue weighted by molar-refractivity contribution is -0.140. The number of carboxylic acid groups (broad SMARTS) is 1. The number of aliphatic carboxylic acids is 1. The summed E-state index contributed by atoms with van der Waals surface area (Å²) in [6, 6.07) is 8.03. The van der Waals surface area contributed by atoms with Gasteiger partial charge in [-0.05, 0) is 17.3 Å². The summed E-state index contributed by atoms with van der Waals surface area (Å²) in [6.07, 6.45) is 0. The van der Waals surface area contributed by atoms with Crippen molar-refractivity contribution in [3.63, 3.8) is 0 Å².